The number of benzene rings is 11. The number of fused-ring (bicyclic) bond motifs is 16. The maximum Gasteiger partial charge on any atom is -0.00199 e. The smallest absolute Gasteiger partial charge is 0.00199 e. The van der Waals surface area contributed by atoms with Gasteiger partial charge in [-0.25, -0.2) is 0 Å². The van der Waals surface area contributed by atoms with Gasteiger partial charge in [-0.1, -0.05) is 170 Å². The minimum atomic E-state index is 1.23. The summed E-state index contributed by atoms with van der Waals surface area (Å²) in [5.74, 6) is 0. The van der Waals surface area contributed by atoms with Crippen LogP contribution in [-0.2, 0) is 0 Å². The third kappa shape index (κ3) is 3.82. The van der Waals surface area contributed by atoms with Gasteiger partial charge < -0.3 is 0 Å². The van der Waals surface area contributed by atoms with Crippen molar-refractivity contribution in [3.05, 3.63) is 182 Å². The van der Waals surface area contributed by atoms with E-state index >= 15 is 0 Å². The van der Waals surface area contributed by atoms with E-state index in [1.165, 1.54) is 108 Å². The SMILES string of the molecule is c1ccc2c(c1)c(-c1ccc(-c3cc4c5ccccc5c5ccccc5c4c4ccccc34)cc1)cc1c3ccccc3c3ccccc3c21. The molecule has 50 heavy (non-hydrogen) atoms. The molecule has 0 radical (unpaired) electrons. The van der Waals surface area contributed by atoms with Gasteiger partial charge in [0, 0.05) is 0 Å². The molecule has 0 fully saturated rings. The van der Waals surface area contributed by atoms with Gasteiger partial charge in [-0.15, -0.1) is 0 Å². The van der Waals surface area contributed by atoms with Crippen LogP contribution in [0.2, 0.25) is 0 Å². The molecule has 230 valence electrons. The fourth-order valence-electron chi connectivity index (χ4n) is 8.84. The zero-order valence-corrected chi connectivity index (χ0v) is 27.3. The second-order valence-corrected chi connectivity index (χ2v) is 13.5. The molecule has 0 unspecified atom stereocenters. The van der Waals surface area contributed by atoms with Gasteiger partial charge in [0.2, 0.25) is 0 Å². The van der Waals surface area contributed by atoms with Crippen molar-refractivity contribution in [1.82, 2.24) is 0 Å². The molecule has 0 saturated carbocycles. The van der Waals surface area contributed by atoms with E-state index in [-0.39, 0.29) is 0 Å². The van der Waals surface area contributed by atoms with E-state index in [0.29, 0.717) is 0 Å². The molecule has 0 N–H and O–H groups in total. The van der Waals surface area contributed by atoms with Crippen molar-refractivity contribution in [3.63, 3.8) is 0 Å². The van der Waals surface area contributed by atoms with Gasteiger partial charge in [0.15, 0.2) is 0 Å². The summed E-state index contributed by atoms with van der Waals surface area (Å²) in [6.45, 7) is 0. The molecule has 0 amide bonds. The number of rotatable bonds is 2. The van der Waals surface area contributed by atoms with Gasteiger partial charge in [0.1, 0.15) is 0 Å². The Kier molecular flexibility index (Phi) is 5.76. The Bertz CT molecular complexity index is 2960. The predicted molar refractivity (Wildman–Crippen MR) is 217 cm³/mol. The van der Waals surface area contributed by atoms with Crippen LogP contribution in [0, 0.1) is 0 Å². The third-order valence-electron chi connectivity index (χ3n) is 11.0. The zero-order chi connectivity index (χ0) is 32.8. The monoisotopic (exact) mass is 630 g/mol. The van der Waals surface area contributed by atoms with Gasteiger partial charge in [-0.2, -0.15) is 0 Å². The van der Waals surface area contributed by atoms with Crippen molar-refractivity contribution in [2.45, 2.75) is 0 Å². The van der Waals surface area contributed by atoms with Crippen molar-refractivity contribution in [2.75, 3.05) is 0 Å². The molecule has 0 nitrogen and oxygen atoms in total. The molecule has 0 saturated heterocycles. The van der Waals surface area contributed by atoms with Gasteiger partial charge in [-0.3, -0.25) is 0 Å². The molecular formula is C50H30. The van der Waals surface area contributed by atoms with E-state index in [1.54, 1.807) is 0 Å². The van der Waals surface area contributed by atoms with E-state index in [0.717, 1.165) is 0 Å². The lowest BCUT2D eigenvalue weighted by atomic mass is 9.86. The maximum atomic E-state index is 2.43. The largest absolute Gasteiger partial charge is 0.0616 e. The Balaban J connectivity index is 1.17. The molecule has 0 aromatic heterocycles. The minimum Gasteiger partial charge on any atom is -0.0616 e. The Labute approximate surface area is 289 Å². The van der Waals surface area contributed by atoms with Gasteiger partial charge in [0.05, 0.1) is 0 Å². The van der Waals surface area contributed by atoms with Crippen LogP contribution in [-0.4, -0.2) is 0 Å². The standard InChI is InChI=1S/C50H30/c1-3-17-37-33(13-1)35-15-5-9-21-41(35)49-43-23-11-7-19-39(43)45(29-47(37)49)31-25-27-32(28-26-31)46-30-48-38-18-4-2-14-34(38)36-16-6-10-22-42(36)50(48)44-24-12-8-20-40(44)46/h1-30H. The summed E-state index contributed by atoms with van der Waals surface area (Å²) in [5.41, 5.74) is 4.98. The summed E-state index contributed by atoms with van der Waals surface area (Å²) in [7, 11) is 0. The van der Waals surface area contributed by atoms with Crippen LogP contribution in [0.1, 0.15) is 0 Å². The Morgan fingerprint density at radius 3 is 0.720 bits per heavy atom. The molecule has 11 rings (SSSR count). The topological polar surface area (TPSA) is 0 Å². The minimum absolute atomic E-state index is 1.23. The highest BCUT2D eigenvalue weighted by Gasteiger charge is 2.17. The summed E-state index contributed by atoms with van der Waals surface area (Å²) < 4.78 is 0. The predicted octanol–water partition coefficient (Wildman–Crippen LogP) is 14.2. The van der Waals surface area contributed by atoms with Gasteiger partial charge in [0.25, 0.3) is 0 Å². The lowest BCUT2D eigenvalue weighted by molar-refractivity contribution is 1.65. The second kappa shape index (κ2) is 10.5. The molecule has 11 aromatic carbocycles. The van der Waals surface area contributed by atoms with Crippen LogP contribution in [0.5, 0.6) is 0 Å². The van der Waals surface area contributed by atoms with E-state index < -0.39 is 0 Å². The van der Waals surface area contributed by atoms with Gasteiger partial charge in [-0.05, 0) is 121 Å². The summed E-state index contributed by atoms with van der Waals surface area (Å²) in [6.07, 6.45) is 0. The highest BCUT2D eigenvalue weighted by Crippen LogP contribution is 2.45. The van der Waals surface area contributed by atoms with Crippen molar-refractivity contribution >= 4 is 86.2 Å². The second-order valence-electron chi connectivity index (χ2n) is 13.5. The first kappa shape index (κ1) is 27.5. The number of hydrogen-bond acceptors (Lipinski definition) is 0. The first-order valence-corrected chi connectivity index (χ1v) is 17.4. The average molecular weight is 631 g/mol. The Morgan fingerprint density at radius 1 is 0.180 bits per heavy atom. The first-order chi connectivity index (χ1) is 24.8. The Hall–Kier alpha value is -6.50. The van der Waals surface area contributed by atoms with E-state index in [9.17, 15) is 0 Å². The fraction of sp³-hybridized carbons (Fsp3) is 0. The highest BCUT2D eigenvalue weighted by atomic mass is 14.2. The van der Waals surface area contributed by atoms with Crippen LogP contribution in [0.4, 0.5) is 0 Å². The lowest BCUT2D eigenvalue weighted by Gasteiger charge is -2.17. The fourth-order valence-corrected chi connectivity index (χ4v) is 8.84. The molecule has 11 aromatic rings. The van der Waals surface area contributed by atoms with Crippen molar-refractivity contribution in [2.24, 2.45) is 0 Å². The van der Waals surface area contributed by atoms with Crippen LogP contribution >= 0.6 is 0 Å². The van der Waals surface area contributed by atoms with Crippen LogP contribution in [0.15, 0.2) is 182 Å². The molecule has 0 aliphatic heterocycles. The molecule has 0 atom stereocenters. The first-order valence-electron chi connectivity index (χ1n) is 17.4. The van der Waals surface area contributed by atoms with E-state index in [2.05, 4.69) is 182 Å². The maximum absolute atomic E-state index is 2.43. The van der Waals surface area contributed by atoms with E-state index in [4.69, 9.17) is 0 Å². The average Bonchev–Trinajstić information content (AvgIpc) is 3.20. The van der Waals surface area contributed by atoms with Crippen molar-refractivity contribution in [3.8, 4) is 22.3 Å². The summed E-state index contributed by atoms with van der Waals surface area (Å²) >= 11 is 0. The van der Waals surface area contributed by atoms with Gasteiger partial charge >= 0.3 is 0 Å². The summed E-state index contributed by atoms with van der Waals surface area (Å²) in [6, 6.07) is 67.5. The molecule has 0 aliphatic rings. The number of hydrogen-bond donors (Lipinski definition) is 0. The Morgan fingerprint density at radius 2 is 0.400 bits per heavy atom. The lowest BCUT2D eigenvalue weighted by Crippen LogP contribution is -1.90. The van der Waals surface area contributed by atoms with Crippen LogP contribution in [0.25, 0.3) is 108 Å². The molecular weight excluding hydrogens is 601 g/mol. The third-order valence-corrected chi connectivity index (χ3v) is 11.0. The highest BCUT2D eigenvalue weighted by molar-refractivity contribution is 6.34. The normalized spacial score (nSPS) is 12.0. The molecule has 0 aliphatic carbocycles. The van der Waals surface area contributed by atoms with Crippen molar-refractivity contribution < 1.29 is 0 Å². The molecule has 0 heterocycles. The summed E-state index contributed by atoms with van der Waals surface area (Å²) in [5, 5.41) is 20.9. The van der Waals surface area contributed by atoms with Crippen LogP contribution < -0.4 is 0 Å². The quantitative estimate of drug-likeness (QED) is 0.167. The van der Waals surface area contributed by atoms with E-state index in [1.807, 2.05) is 0 Å². The molecule has 0 bridgehead atoms. The molecule has 0 spiro atoms. The van der Waals surface area contributed by atoms with Crippen molar-refractivity contribution in [1.29, 1.82) is 0 Å². The van der Waals surface area contributed by atoms with Crippen LogP contribution in [0.3, 0.4) is 0 Å². The summed E-state index contributed by atoms with van der Waals surface area (Å²) in [4.78, 5) is 0. The molecule has 0 heteroatoms. The zero-order valence-electron chi connectivity index (χ0n) is 27.3.